The van der Waals surface area contributed by atoms with Crippen LogP contribution < -0.4 is 10.2 Å². The Bertz CT molecular complexity index is 352. The summed E-state index contributed by atoms with van der Waals surface area (Å²) in [7, 11) is 0. The molecular weight excluding hydrogens is 219 g/mol. The molecule has 1 aliphatic rings. The van der Waals surface area contributed by atoms with Crippen LogP contribution in [0.15, 0.2) is 12.4 Å². The van der Waals surface area contributed by atoms with Crippen molar-refractivity contribution in [3.63, 3.8) is 0 Å². The monoisotopic (exact) mass is 238 g/mol. The molecule has 0 saturated carbocycles. The highest BCUT2D eigenvalue weighted by Crippen LogP contribution is 2.21. The minimum absolute atomic E-state index is 0.384. The van der Waals surface area contributed by atoms with E-state index in [1.165, 1.54) is 12.4 Å². The van der Waals surface area contributed by atoms with Crippen LogP contribution in [0.3, 0.4) is 0 Å². The van der Waals surface area contributed by atoms with Crippen LogP contribution in [0.25, 0.3) is 0 Å². The van der Waals surface area contributed by atoms with E-state index in [9.17, 15) is 4.39 Å². The predicted molar refractivity (Wildman–Crippen MR) is 65.5 cm³/mol. The van der Waals surface area contributed by atoms with Crippen molar-refractivity contribution in [3.8, 4) is 0 Å². The van der Waals surface area contributed by atoms with E-state index in [2.05, 4.69) is 34.0 Å². The number of hydrogen-bond acceptors (Lipinski definition) is 4. The fourth-order valence-electron chi connectivity index (χ4n) is 2.14. The third kappa shape index (κ3) is 3.12. The number of aromatic nitrogens is 2. The maximum atomic E-state index is 12.8. The molecule has 1 aromatic rings. The normalized spacial score (nSPS) is 20.2. The first-order valence-electron chi connectivity index (χ1n) is 6.14. The molecule has 0 bridgehead atoms. The largest absolute Gasteiger partial charge is 0.337 e. The van der Waals surface area contributed by atoms with Crippen LogP contribution >= 0.6 is 0 Å². The Balaban J connectivity index is 2.01. The quantitative estimate of drug-likeness (QED) is 0.864. The van der Waals surface area contributed by atoms with Crippen molar-refractivity contribution < 1.29 is 4.39 Å². The lowest BCUT2D eigenvalue weighted by Gasteiger charge is -2.25. The highest BCUT2D eigenvalue weighted by atomic mass is 19.1. The lowest BCUT2D eigenvalue weighted by atomic mass is 10.2. The summed E-state index contributed by atoms with van der Waals surface area (Å²) in [6.45, 7) is 6.15. The van der Waals surface area contributed by atoms with Crippen molar-refractivity contribution in [2.75, 3.05) is 18.0 Å². The summed E-state index contributed by atoms with van der Waals surface area (Å²) in [4.78, 5) is 10.3. The summed E-state index contributed by atoms with van der Waals surface area (Å²) in [5.41, 5.74) is 0. The SMILES string of the molecule is CC(C)NCC1CCCN1c1ncc(F)cn1. The van der Waals surface area contributed by atoms with E-state index < -0.39 is 0 Å². The molecule has 0 radical (unpaired) electrons. The molecule has 1 N–H and O–H groups in total. The molecule has 94 valence electrons. The summed E-state index contributed by atoms with van der Waals surface area (Å²) >= 11 is 0. The minimum Gasteiger partial charge on any atom is -0.337 e. The maximum Gasteiger partial charge on any atom is 0.225 e. The smallest absolute Gasteiger partial charge is 0.225 e. The molecule has 0 aromatic carbocycles. The second-order valence-electron chi connectivity index (χ2n) is 4.75. The Morgan fingerprint density at radius 2 is 2.18 bits per heavy atom. The molecule has 1 unspecified atom stereocenters. The highest BCUT2D eigenvalue weighted by molar-refractivity contribution is 5.32. The number of nitrogens with one attached hydrogen (secondary N) is 1. The molecule has 0 amide bonds. The Morgan fingerprint density at radius 3 is 2.82 bits per heavy atom. The van der Waals surface area contributed by atoms with Crippen LogP contribution in [0.2, 0.25) is 0 Å². The third-order valence-corrected chi connectivity index (χ3v) is 3.00. The van der Waals surface area contributed by atoms with Gasteiger partial charge in [-0.25, -0.2) is 14.4 Å². The van der Waals surface area contributed by atoms with Crippen molar-refractivity contribution >= 4 is 5.95 Å². The van der Waals surface area contributed by atoms with Crippen LogP contribution in [0, 0.1) is 5.82 Å². The first-order chi connectivity index (χ1) is 8.16. The van der Waals surface area contributed by atoms with Crippen LogP contribution in [0.4, 0.5) is 10.3 Å². The van der Waals surface area contributed by atoms with Gasteiger partial charge in [0, 0.05) is 25.2 Å². The van der Waals surface area contributed by atoms with Gasteiger partial charge in [-0.15, -0.1) is 0 Å². The summed E-state index contributed by atoms with van der Waals surface area (Å²) in [5, 5.41) is 3.43. The fraction of sp³-hybridized carbons (Fsp3) is 0.667. The van der Waals surface area contributed by atoms with Gasteiger partial charge < -0.3 is 10.2 Å². The Kier molecular flexibility index (Phi) is 3.89. The molecule has 2 rings (SSSR count). The van der Waals surface area contributed by atoms with Crippen LogP contribution in [-0.4, -0.2) is 35.1 Å². The lowest BCUT2D eigenvalue weighted by molar-refractivity contribution is 0.519. The van der Waals surface area contributed by atoms with Gasteiger partial charge in [0.15, 0.2) is 5.82 Å². The number of nitrogens with zero attached hydrogens (tertiary/aromatic N) is 3. The van der Waals surface area contributed by atoms with E-state index in [1.54, 1.807) is 0 Å². The molecule has 1 aromatic heterocycles. The van der Waals surface area contributed by atoms with Gasteiger partial charge in [0.2, 0.25) is 5.95 Å². The van der Waals surface area contributed by atoms with Gasteiger partial charge in [0.25, 0.3) is 0 Å². The zero-order valence-corrected chi connectivity index (χ0v) is 10.4. The van der Waals surface area contributed by atoms with Gasteiger partial charge in [-0.1, -0.05) is 13.8 Å². The highest BCUT2D eigenvalue weighted by Gasteiger charge is 2.26. The van der Waals surface area contributed by atoms with E-state index in [4.69, 9.17) is 0 Å². The van der Waals surface area contributed by atoms with Crippen molar-refractivity contribution in [1.29, 1.82) is 0 Å². The molecule has 0 spiro atoms. The maximum absolute atomic E-state index is 12.8. The van der Waals surface area contributed by atoms with Gasteiger partial charge in [-0.05, 0) is 12.8 Å². The molecule has 0 aliphatic carbocycles. The Morgan fingerprint density at radius 1 is 1.47 bits per heavy atom. The van der Waals surface area contributed by atoms with Gasteiger partial charge in [-0.3, -0.25) is 0 Å². The molecule has 4 nitrogen and oxygen atoms in total. The minimum atomic E-state index is -0.384. The van der Waals surface area contributed by atoms with Crippen molar-refractivity contribution in [2.45, 2.75) is 38.8 Å². The van der Waals surface area contributed by atoms with E-state index in [1.807, 2.05) is 0 Å². The lowest BCUT2D eigenvalue weighted by Crippen LogP contribution is -2.41. The first kappa shape index (κ1) is 12.2. The van der Waals surface area contributed by atoms with Crippen LogP contribution in [-0.2, 0) is 0 Å². The Labute approximate surface area is 101 Å². The van der Waals surface area contributed by atoms with Gasteiger partial charge in [-0.2, -0.15) is 0 Å². The zero-order chi connectivity index (χ0) is 12.3. The summed E-state index contributed by atoms with van der Waals surface area (Å²) in [6.07, 6.45) is 4.74. The predicted octanol–water partition coefficient (Wildman–Crippen LogP) is 1.58. The van der Waals surface area contributed by atoms with Crippen molar-refractivity contribution in [2.24, 2.45) is 0 Å². The van der Waals surface area contributed by atoms with Crippen LogP contribution in [0.1, 0.15) is 26.7 Å². The molecule has 1 aliphatic heterocycles. The molecule has 1 saturated heterocycles. The number of anilines is 1. The summed E-state index contributed by atoms with van der Waals surface area (Å²) in [6, 6.07) is 0.898. The molecule has 1 fully saturated rings. The molecule has 5 heteroatoms. The van der Waals surface area contributed by atoms with Crippen LogP contribution in [0.5, 0.6) is 0 Å². The van der Waals surface area contributed by atoms with Gasteiger partial charge in [0.1, 0.15) is 0 Å². The summed E-state index contributed by atoms with van der Waals surface area (Å²) < 4.78 is 12.8. The van der Waals surface area contributed by atoms with Gasteiger partial charge in [0.05, 0.1) is 12.4 Å². The second-order valence-corrected chi connectivity index (χ2v) is 4.75. The van der Waals surface area contributed by atoms with E-state index >= 15 is 0 Å². The second kappa shape index (κ2) is 5.40. The average Bonchev–Trinajstić information content (AvgIpc) is 2.75. The van der Waals surface area contributed by atoms with Gasteiger partial charge >= 0.3 is 0 Å². The number of halogens is 1. The summed E-state index contributed by atoms with van der Waals surface area (Å²) in [5.74, 6) is 0.254. The molecule has 17 heavy (non-hydrogen) atoms. The number of hydrogen-bond donors (Lipinski definition) is 1. The Hall–Kier alpha value is -1.23. The topological polar surface area (TPSA) is 41.0 Å². The third-order valence-electron chi connectivity index (χ3n) is 3.00. The van der Waals surface area contributed by atoms with Crippen molar-refractivity contribution in [3.05, 3.63) is 18.2 Å². The van der Waals surface area contributed by atoms with E-state index in [0.29, 0.717) is 18.0 Å². The average molecular weight is 238 g/mol. The van der Waals surface area contributed by atoms with E-state index in [-0.39, 0.29) is 5.82 Å². The molecular formula is C12H19FN4. The molecule has 1 atom stereocenters. The van der Waals surface area contributed by atoms with Crippen molar-refractivity contribution in [1.82, 2.24) is 15.3 Å². The van der Waals surface area contributed by atoms with E-state index in [0.717, 1.165) is 25.9 Å². The standard InChI is InChI=1S/C12H19FN4/c1-9(2)14-8-11-4-3-5-17(11)12-15-6-10(13)7-16-12/h6-7,9,11,14H,3-5,8H2,1-2H3. The molecule has 2 heterocycles. The first-order valence-corrected chi connectivity index (χ1v) is 6.14. The number of rotatable bonds is 4. The zero-order valence-electron chi connectivity index (χ0n) is 10.4. The fourth-order valence-corrected chi connectivity index (χ4v) is 2.14.